The molecule has 3 rings (SSSR count). The third kappa shape index (κ3) is 4.46. The van der Waals surface area contributed by atoms with E-state index in [-0.39, 0.29) is 18.1 Å². The van der Waals surface area contributed by atoms with Crippen LogP contribution in [0.2, 0.25) is 0 Å². The Morgan fingerprint density at radius 3 is 2.85 bits per heavy atom. The third-order valence-electron chi connectivity index (χ3n) is 3.70. The monoisotopic (exact) mass is 370 g/mol. The van der Waals surface area contributed by atoms with Crippen LogP contribution in [-0.2, 0) is 11.3 Å². The van der Waals surface area contributed by atoms with E-state index in [1.54, 1.807) is 35.9 Å². The molecule has 0 radical (unpaired) electrons. The number of benzene rings is 1. The maximum atomic E-state index is 13.8. The number of hydrogen-bond donors (Lipinski definition) is 1. The highest BCUT2D eigenvalue weighted by atomic mass is 19.1. The number of carbonyl (C=O) groups is 1. The van der Waals surface area contributed by atoms with Gasteiger partial charge in [-0.15, -0.1) is 0 Å². The Morgan fingerprint density at radius 1 is 1.37 bits per heavy atom. The molecule has 138 valence electrons. The van der Waals surface area contributed by atoms with Crippen LogP contribution in [0.3, 0.4) is 0 Å². The highest BCUT2D eigenvalue weighted by molar-refractivity contribution is 6.01. The zero-order valence-corrected chi connectivity index (χ0v) is 14.3. The van der Waals surface area contributed by atoms with Gasteiger partial charge in [-0.25, -0.2) is 4.39 Å². The lowest BCUT2D eigenvalue weighted by atomic mass is 10.2. The van der Waals surface area contributed by atoms with E-state index < -0.39 is 16.7 Å². The highest BCUT2D eigenvalue weighted by Gasteiger charge is 2.11. The van der Waals surface area contributed by atoms with E-state index in [0.717, 1.165) is 5.69 Å². The highest BCUT2D eigenvalue weighted by Crippen LogP contribution is 2.17. The lowest BCUT2D eigenvalue weighted by molar-refractivity contribution is -0.402. The molecule has 1 N–H and O–H groups in total. The van der Waals surface area contributed by atoms with Crippen molar-refractivity contribution in [3.8, 4) is 0 Å². The van der Waals surface area contributed by atoms with Crippen LogP contribution in [0.25, 0.3) is 6.08 Å². The average molecular weight is 370 g/mol. The normalized spacial score (nSPS) is 11.0. The van der Waals surface area contributed by atoms with Gasteiger partial charge in [0.25, 0.3) is 0 Å². The number of nitrogens with zero attached hydrogens (tertiary/aromatic N) is 3. The number of halogens is 1. The van der Waals surface area contributed by atoms with E-state index >= 15 is 0 Å². The first kappa shape index (κ1) is 18.1. The van der Waals surface area contributed by atoms with Gasteiger partial charge in [-0.2, -0.15) is 5.10 Å². The SMILES string of the molecule is Cc1cc(NC(=O)/C=C/c2ccc([N+](=O)[O-])o2)nn1Cc1ccccc1F. The van der Waals surface area contributed by atoms with Gasteiger partial charge < -0.3 is 9.73 Å². The maximum Gasteiger partial charge on any atom is 0.433 e. The summed E-state index contributed by atoms with van der Waals surface area (Å²) in [6, 6.07) is 10.6. The van der Waals surface area contributed by atoms with Crippen molar-refractivity contribution in [2.24, 2.45) is 0 Å². The molecule has 0 atom stereocenters. The number of amides is 1. The molecule has 0 fully saturated rings. The lowest BCUT2D eigenvalue weighted by Crippen LogP contribution is -2.10. The van der Waals surface area contributed by atoms with Crippen LogP contribution in [0.5, 0.6) is 0 Å². The van der Waals surface area contributed by atoms with E-state index in [9.17, 15) is 19.3 Å². The fourth-order valence-corrected chi connectivity index (χ4v) is 2.37. The Labute approximate surface area is 153 Å². The second-order valence-corrected chi connectivity index (χ2v) is 5.68. The van der Waals surface area contributed by atoms with E-state index in [0.29, 0.717) is 11.4 Å². The van der Waals surface area contributed by atoms with Crippen molar-refractivity contribution in [3.63, 3.8) is 0 Å². The van der Waals surface area contributed by atoms with E-state index in [4.69, 9.17) is 4.42 Å². The predicted octanol–water partition coefficient (Wildman–Crippen LogP) is 3.53. The van der Waals surface area contributed by atoms with Crippen molar-refractivity contribution in [2.75, 3.05) is 5.32 Å². The van der Waals surface area contributed by atoms with Gasteiger partial charge in [-0.1, -0.05) is 18.2 Å². The first-order valence-electron chi connectivity index (χ1n) is 7.93. The summed E-state index contributed by atoms with van der Waals surface area (Å²) in [5.41, 5.74) is 1.24. The van der Waals surface area contributed by atoms with Crippen molar-refractivity contribution in [2.45, 2.75) is 13.5 Å². The number of nitrogens with one attached hydrogen (secondary N) is 1. The standard InChI is InChI=1S/C18H15FN4O4/c1-12-10-16(21-22(12)11-13-4-2-3-5-15(13)19)20-17(24)8-6-14-7-9-18(27-14)23(25)26/h2-10H,11H2,1H3,(H,20,21,24)/b8-6+. The molecule has 0 unspecified atom stereocenters. The molecule has 2 aromatic heterocycles. The van der Waals surface area contributed by atoms with Crippen LogP contribution in [0.4, 0.5) is 16.1 Å². The van der Waals surface area contributed by atoms with Crippen molar-refractivity contribution < 1.29 is 18.5 Å². The number of rotatable bonds is 6. The van der Waals surface area contributed by atoms with E-state index in [1.807, 2.05) is 0 Å². The maximum absolute atomic E-state index is 13.8. The minimum absolute atomic E-state index is 0.179. The number of aromatic nitrogens is 2. The van der Waals surface area contributed by atoms with E-state index in [1.165, 1.54) is 30.4 Å². The van der Waals surface area contributed by atoms with Gasteiger partial charge in [0.2, 0.25) is 5.91 Å². The van der Waals surface area contributed by atoms with Gasteiger partial charge >= 0.3 is 5.88 Å². The van der Waals surface area contributed by atoms with Crippen LogP contribution in [-0.4, -0.2) is 20.6 Å². The van der Waals surface area contributed by atoms with Gasteiger partial charge in [0.1, 0.15) is 16.5 Å². The molecule has 0 saturated carbocycles. The smallest absolute Gasteiger partial charge is 0.401 e. The zero-order valence-electron chi connectivity index (χ0n) is 14.3. The summed E-state index contributed by atoms with van der Waals surface area (Å²) < 4.78 is 20.3. The van der Waals surface area contributed by atoms with Gasteiger partial charge in [-0.05, 0) is 25.1 Å². The molecule has 8 nitrogen and oxygen atoms in total. The number of nitro groups is 1. The molecule has 0 aliphatic carbocycles. The molecule has 0 saturated heterocycles. The van der Waals surface area contributed by atoms with Gasteiger partial charge in [0.15, 0.2) is 5.82 Å². The Bertz CT molecular complexity index is 1020. The fourth-order valence-electron chi connectivity index (χ4n) is 2.37. The third-order valence-corrected chi connectivity index (χ3v) is 3.70. The topological polar surface area (TPSA) is 103 Å². The minimum atomic E-state index is -0.664. The summed E-state index contributed by atoms with van der Waals surface area (Å²) in [7, 11) is 0. The van der Waals surface area contributed by atoms with Crippen molar-refractivity contribution >= 4 is 23.7 Å². The molecular formula is C18H15FN4O4. The van der Waals surface area contributed by atoms with Gasteiger partial charge in [0.05, 0.1) is 12.6 Å². The summed E-state index contributed by atoms with van der Waals surface area (Å²) in [6.45, 7) is 2.03. The second-order valence-electron chi connectivity index (χ2n) is 5.68. The van der Waals surface area contributed by atoms with Crippen LogP contribution in [0.15, 0.2) is 53.0 Å². The molecule has 1 amide bonds. The first-order valence-corrected chi connectivity index (χ1v) is 7.93. The second kappa shape index (κ2) is 7.65. The number of hydrogen-bond acceptors (Lipinski definition) is 5. The average Bonchev–Trinajstić information content (AvgIpc) is 3.22. The summed E-state index contributed by atoms with van der Waals surface area (Å²) in [4.78, 5) is 21.9. The van der Waals surface area contributed by atoms with Crippen molar-refractivity contribution in [1.29, 1.82) is 0 Å². The minimum Gasteiger partial charge on any atom is -0.401 e. The van der Waals surface area contributed by atoms with Crippen molar-refractivity contribution in [1.82, 2.24) is 9.78 Å². The Balaban J connectivity index is 1.65. The molecule has 0 aliphatic rings. The molecule has 2 heterocycles. The molecule has 0 aliphatic heterocycles. The summed E-state index contributed by atoms with van der Waals surface area (Å²) in [5, 5.41) is 17.4. The van der Waals surface area contributed by atoms with Crippen LogP contribution < -0.4 is 5.32 Å². The number of anilines is 1. The largest absolute Gasteiger partial charge is 0.433 e. The Kier molecular flexibility index (Phi) is 5.11. The Morgan fingerprint density at radius 2 is 2.15 bits per heavy atom. The van der Waals surface area contributed by atoms with Crippen molar-refractivity contribution in [3.05, 3.63) is 81.5 Å². The molecule has 3 aromatic rings. The number of furan rings is 1. The molecule has 1 aromatic carbocycles. The number of aryl methyl sites for hydroxylation is 1. The summed E-state index contributed by atoms with van der Waals surface area (Å²) >= 11 is 0. The summed E-state index contributed by atoms with van der Waals surface area (Å²) in [5.74, 6) is -0.724. The van der Waals surface area contributed by atoms with Gasteiger partial charge in [-0.3, -0.25) is 19.6 Å². The molecule has 0 bridgehead atoms. The molecule has 27 heavy (non-hydrogen) atoms. The van der Waals surface area contributed by atoms with Crippen LogP contribution in [0, 0.1) is 22.9 Å². The summed E-state index contributed by atoms with van der Waals surface area (Å²) in [6.07, 6.45) is 2.49. The zero-order chi connectivity index (χ0) is 19.4. The lowest BCUT2D eigenvalue weighted by Gasteiger charge is -2.05. The molecule has 0 spiro atoms. The predicted molar refractivity (Wildman–Crippen MR) is 95.5 cm³/mol. The number of carbonyl (C=O) groups excluding carboxylic acids is 1. The molecule has 9 heteroatoms. The Hall–Kier alpha value is -3.75. The van der Waals surface area contributed by atoms with Crippen LogP contribution >= 0.6 is 0 Å². The quantitative estimate of drug-likeness (QED) is 0.406. The first-order chi connectivity index (χ1) is 12.9. The van der Waals surface area contributed by atoms with Gasteiger partial charge in [0, 0.05) is 23.4 Å². The van der Waals surface area contributed by atoms with Crippen LogP contribution in [0.1, 0.15) is 17.0 Å². The van der Waals surface area contributed by atoms with E-state index in [2.05, 4.69) is 10.4 Å². The molecular weight excluding hydrogens is 355 g/mol. The fraction of sp³-hybridized carbons (Fsp3) is 0.111.